The third-order valence-corrected chi connectivity index (χ3v) is 4.41. The molecule has 3 nitrogen and oxygen atoms in total. The number of fused-ring (bicyclic) bond motifs is 2. The summed E-state index contributed by atoms with van der Waals surface area (Å²) in [7, 11) is 0. The fraction of sp³-hybridized carbons (Fsp3) is 0.533. The monoisotopic (exact) mass is 244 g/mol. The van der Waals surface area contributed by atoms with Gasteiger partial charge in [0.15, 0.2) is 0 Å². The highest BCUT2D eigenvalue weighted by Gasteiger charge is 2.39. The molecule has 2 bridgehead atoms. The van der Waals surface area contributed by atoms with Crippen molar-refractivity contribution in [1.82, 2.24) is 4.90 Å². The van der Waals surface area contributed by atoms with Crippen molar-refractivity contribution < 1.29 is 4.79 Å². The first kappa shape index (κ1) is 11.7. The van der Waals surface area contributed by atoms with Crippen molar-refractivity contribution in [3.63, 3.8) is 0 Å². The molecule has 2 fully saturated rings. The number of nitrogens with zero attached hydrogens (tertiary/aromatic N) is 1. The fourth-order valence-corrected chi connectivity index (χ4v) is 3.42. The van der Waals surface area contributed by atoms with Crippen LogP contribution in [0, 0.1) is 5.92 Å². The number of carbonyl (C=O) groups is 1. The first-order chi connectivity index (χ1) is 8.78. The molecule has 1 aromatic rings. The predicted octanol–water partition coefficient (Wildman–Crippen LogP) is 1.70. The molecule has 0 spiro atoms. The summed E-state index contributed by atoms with van der Waals surface area (Å²) in [4.78, 5) is 14.5. The lowest BCUT2D eigenvalue weighted by Crippen LogP contribution is -2.38. The van der Waals surface area contributed by atoms with Crippen molar-refractivity contribution in [3.8, 4) is 0 Å². The highest BCUT2D eigenvalue weighted by molar-refractivity contribution is 5.80. The van der Waals surface area contributed by atoms with E-state index < -0.39 is 0 Å². The van der Waals surface area contributed by atoms with Crippen molar-refractivity contribution in [3.05, 3.63) is 35.4 Å². The number of benzene rings is 1. The molecule has 1 amide bonds. The van der Waals surface area contributed by atoms with Crippen LogP contribution in [0.3, 0.4) is 0 Å². The van der Waals surface area contributed by atoms with Crippen LogP contribution >= 0.6 is 0 Å². The largest absolute Gasteiger partial charge is 0.339 e. The molecule has 1 aromatic carbocycles. The number of carbonyl (C=O) groups excluding carboxylic acids is 1. The molecule has 1 heterocycles. The third-order valence-electron chi connectivity index (χ3n) is 4.41. The van der Waals surface area contributed by atoms with Crippen LogP contribution in [0.1, 0.15) is 30.4 Å². The smallest absolute Gasteiger partial charge is 0.227 e. The molecule has 2 N–H and O–H groups in total. The van der Waals surface area contributed by atoms with Gasteiger partial charge in [-0.15, -0.1) is 0 Å². The second-order valence-corrected chi connectivity index (χ2v) is 5.53. The molecular weight excluding hydrogens is 224 g/mol. The zero-order valence-corrected chi connectivity index (χ0v) is 10.6. The molecule has 3 rings (SSSR count). The van der Waals surface area contributed by atoms with E-state index in [1.54, 1.807) is 0 Å². The van der Waals surface area contributed by atoms with E-state index in [1.807, 2.05) is 24.3 Å². The van der Waals surface area contributed by atoms with E-state index in [-0.39, 0.29) is 5.91 Å². The molecule has 1 aliphatic carbocycles. The van der Waals surface area contributed by atoms with Crippen LogP contribution in [0.2, 0.25) is 0 Å². The summed E-state index contributed by atoms with van der Waals surface area (Å²) in [5, 5.41) is 0. The molecule has 3 heteroatoms. The number of rotatable bonds is 3. The maximum absolute atomic E-state index is 12.4. The molecule has 1 aliphatic heterocycles. The van der Waals surface area contributed by atoms with Crippen LogP contribution < -0.4 is 5.73 Å². The van der Waals surface area contributed by atoms with Gasteiger partial charge in [0.05, 0.1) is 6.42 Å². The van der Waals surface area contributed by atoms with Gasteiger partial charge in [-0.25, -0.2) is 0 Å². The molecule has 2 unspecified atom stereocenters. The standard InChI is InChI=1S/C15H20N2O/c16-9-13-4-2-1-3-12(13)8-15(18)17-10-11-5-6-14(17)7-11/h1-4,11,14H,5-10,16H2. The van der Waals surface area contributed by atoms with E-state index in [0.717, 1.165) is 23.6 Å². The van der Waals surface area contributed by atoms with E-state index in [1.165, 1.54) is 19.3 Å². The van der Waals surface area contributed by atoms with Gasteiger partial charge in [0.2, 0.25) is 5.91 Å². The summed E-state index contributed by atoms with van der Waals surface area (Å²) in [5.74, 6) is 1.05. The molecular formula is C15H20N2O. The second kappa shape index (κ2) is 4.73. The SMILES string of the molecule is NCc1ccccc1CC(=O)N1CC2CCC1C2. The van der Waals surface area contributed by atoms with Crippen molar-refractivity contribution in [2.75, 3.05) is 6.54 Å². The van der Waals surface area contributed by atoms with Crippen molar-refractivity contribution >= 4 is 5.91 Å². The zero-order valence-electron chi connectivity index (χ0n) is 10.6. The van der Waals surface area contributed by atoms with Gasteiger partial charge in [0.25, 0.3) is 0 Å². The Labute approximate surface area is 108 Å². The Morgan fingerprint density at radius 3 is 2.67 bits per heavy atom. The Bertz CT molecular complexity index is 458. The van der Waals surface area contributed by atoms with Gasteiger partial charge in [-0.2, -0.15) is 0 Å². The molecule has 96 valence electrons. The summed E-state index contributed by atoms with van der Waals surface area (Å²) in [6, 6.07) is 8.52. The summed E-state index contributed by atoms with van der Waals surface area (Å²) in [6.07, 6.45) is 4.25. The summed E-state index contributed by atoms with van der Waals surface area (Å²) in [6.45, 7) is 1.49. The van der Waals surface area contributed by atoms with Crippen LogP contribution in [0.25, 0.3) is 0 Å². The Morgan fingerprint density at radius 1 is 1.28 bits per heavy atom. The highest BCUT2D eigenvalue weighted by Crippen LogP contribution is 2.37. The molecule has 0 aromatic heterocycles. The Morgan fingerprint density at radius 2 is 2.06 bits per heavy atom. The van der Waals surface area contributed by atoms with Crippen molar-refractivity contribution in [1.29, 1.82) is 0 Å². The van der Waals surface area contributed by atoms with Crippen molar-refractivity contribution in [2.24, 2.45) is 11.7 Å². The number of hydrogen-bond donors (Lipinski definition) is 1. The van der Waals surface area contributed by atoms with Crippen molar-refractivity contribution in [2.45, 2.75) is 38.3 Å². The lowest BCUT2D eigenvalue weighted by atomic mass is 10.0. The molecule has 1 saturated carbocycles. The Kier molecular flexibility index (Phi) is 3.08. The van der Waals surface area contributed by atoms with Gasteiger partial charge in [-0.3, -0.25) is 4.79 Å². The summed E-state index contributed by atoms with van der Waals surface area (Å²) in [5.41, 5.74) is 7.90. The van der Waals surface area contributed by atoms with Crippen LogP contribution in [0.15, 0.2) is 24.3 Å². The maximum atomic E-state index is 12.4. The van der Waals surface area contributed by atoms with Gasteiger partial charge < -0.3 is 10.6 Å². The molecule has 2 atom stereocenters. The number of likely N-dealkylation sites (tertiary alicyclic amines) is 1. The minimum absolute atomic E-state index is 0.281. The third kappa shape index (κ3) is 2.03. The van der Waals surface area contributed by atoms with E-state index >= 15 is 0 Å². The first-order valence-corrected chi connectivity index (χ1v) is 6.84. The van der Waals surface area contributed by atoms with E-state index in [2.05, 4.69) is 4.90 Å². The van der Waals surface area contributed by atoms with Gasteiger partial charge in [-0.1, -0.05) is 24.3 Å². The van der Waals surface area contributed by atoms with Crippen LogP contribution in [0.5, 0.6) is 0 Å². The number of piperidine rings is 1. The number of nitrogens with two attached hydrogens (primary N) is 1. The van der Waals surface area contributed by atoms with E-state index in [0.29, 0.717) is 19.0 Å². The fourth-order valence-electron chi connectivity index (χ4n) is 3.42. The lowest BCUT2D eigenvalue weighted by molar-refractivity contribution is -0.132. The highest BCUT2D eigenvalue weighted by atomic mass is 16.2. The van der Waals surface area contributed by atoms with Crippen LogP contribution in [0.4, 0.5) is 0 Å². The predicted molar refractivity (Wildman–Crippen MR) is 70.9 cm³/mol. The normalized spacial score (nSPS) is 25.7. The zero-order chi connectivity index (χ0) is 12.5. The average Bonchev–Trinajstić information content (AvgIpc) is 3.01. The maximum Gasteiger partial charge on any atom is 0.227 e. The van der Waals surface area contributed by atoms with Gasteiger partial charge in [0, 0.05) is 19.1 Å². The molecule has 1 saturated heterocycles. The minimum Gasteiger partial charge on any atom is -0.339 e. The van der Waals surface area contributed by atoms with Gasteiger partial charge >= 0.3 is 0 Å². The van der Waals surface area contributed by atoms with Crippen LogP contribution in [-0.4, -0.2) is 23.4 Å². The van der Waals surface area contributed by atoms with Gasteiger partial charge in [-0.05, 0) is 36.3 Å². The topological polar surface area (TPSA) is 46.3 Å². The molecule has 2 aliphatic rings. The Hall–Kier alpha value is -1.35. The van der Waals surface area contributed by atoms with Gasteiger partial charge in [0.1, 0.15) is 0 Å². The number of amides is 1. The molecule has 0 radical (unpaired) electrons. The average molecular weight is 244 g/mol. The quantitative estimate of drug-likeness (QED) is 0.879. The minimum atomic E-state index is 0.281. The van der Waals surface area contributed by atoms with E-state index in [9.17, 15) is 4.79 Å². The first-order valence-electron chi connectivity index (χ1n) is 6.84. The second-order valence-electron chi connectivity index (χ2n) is 5.53. The molecule has 18 heavy (non-hydrogen) atoms. The lowest BCUT2D eigenvalue weighted by Gasteiger charge is -2.27. The Balaban J connectivity index is 1.71. The van der Waals surface area contributed by atoms with E-state index in [4.69, 9.17) is 5.73 Å². The number of hydrogen-bond acceptors (Lipinski definition) is 2. The van der Waals surface area contributed by atoms with Crippen LogP contribution in [-0.2, 0) is 17.8 Å². The summed E-state index contributed by atoms with van der Waals surface area (Å²) < 4.78 is 0. The summed E-state index contributed by atoms with van der Waals surface area (Å²) >= 11 is 0.